The van der Waals surface area contributed by atoms with Gasteiger partial charge in [-0.3, -0.25) is 4.90 Å². The van der Waals surface area contributed by atoms with Crippen LogP contribution in [0.4, 0.5) is 0 Å². The number of aliphatic hydroxyl groups excluding tert-OH is 1. The van der Waals surface area contributed by atoms with Gasteiger partial charge in [-0.25, -0.2) is 0 Å². The van der Waals surface area contributed by atoms with E-state index >= 15 is 0 Å². The van der Waals surface area contributed by atoms with Gasteiger partial charge in [0.05, 0.1) is 13.2 Å². The highest BCUT2D eigenvalue weighted by Crippen LogP contribution is 2.33. The Labute approximate surface area is 83.9 Å². The lowest BCUT2D eigenvalue weighted by molar-refractivity contribution is 0.105. The summed E-state index contributed by atoms with van der Waals surface area (Å²) in [5, 5.41) is 9.92. The van der Waals surface area contributed by atoms with Crippen LogP contribution in [0.2, 0.25) is 0 Å². The lowest BCUT2D eigenvalue weighted by atomic mass is 9.97. The summed E-state index contributed by atoms with van der Waals surface area (Å²) in [6, 6.07) is 5.90. The van der Waals surface area contributed by atoms with E-state index in [0.29, 0.717) is 6.54 Å². The van der Waals surface area contributed by atoms with Gasteiger partial charge >= 0.3 is 0 Å². The molecule has 14 heavy (non-hydrogen) atoms. The summed E-state index contributed by atoms with van der Waals surface area (Å²) in [6.07, 6.45) is -0.431. The molecule has 3 nitrogen and oxygen atoms in total. The summed E-state index contributed by atoms with van der Waals surface area (Å²) >= 11 is 0. The number of fused-ring (bicyclic) bond motifs is 1. The van der Waals surface area contributed by atoms with E-state index in [1.54, 1.807) is 7.11 Å². The molecule has 76 valence electrons. The molecule has 0 aromatic heterocycles. The number of benzene rings is 1. The number of hydrogen-bond acceptors (Lipinski definition) is 3. The molecule has 0 amide bonds. The Morgan fingerprint density at radius 1 is 1.50 bits per heavy atom. The Kier molecular flexibility index (Phi) is 2.44. The van der Waals surface area contributed by atoms with E-state index in [1.165, 1.54) is 0 Å². The van der Waals surface area contributed by atoms with Crippen LogP contribution in [0.5, 0.6) is 5.75 Å². The fourth-order valence-electron chi connectivity index (χ4n) is 2.03. The van der Waals surface area contributed by atoms with Crippen molar-refractivity contribution in [1.82, 2.24) is 4.90 Å². The van der Waals surface area contributed by atoms with Crippen molar-refractivity contribution in [2.75, 3.05) is 20.7 Å². The largest absolute Gasteiger partial charge is 0.496 e. The van der Waals surface area contributed by atoms with Crippen LogP contribution in [-0.4, -0.2) is 30.7 Å². The van der Waals surface area contributed by atoms with Gasteiger partial charge in [0.2, 0.25) is 0 Å². The van der Waals surface area contributed by atoms with Crippen LogP contribution < -0.4 is 4.74 Å². The Bertz CT molecular complexity index is 338. The molecule has 0 saturated heterocycles. The van der Waals surface area contributed by atoms with Gasteiger partial charge in [-0.15, -0.1) is 0 Å². The molecule has 2 rings (SSSR count). The summed E-state index contributed by atoms with van der Waals surface area (Å²) in [4.78, 5) is 2.10. The van der Waals surface area contributed by atoms with Crippen LogP contribution in [0, 0.1) is 0 Å². The third-order valence-corrected chi connectivity index (χ3v) is 2.63. The highest BCUT2D eigenvalue weighted by Gasteiger charge is 2.24. The summed E-state index contributed by atoms with van der Waals surface area (Å²) in [6.45, 7) is 1.55. The number of rotatable bonds is 1. The second kappa shape index (κ2) is 3.59. The molecule has 0 spiro atoms. The molecule has 0 radical (unpaired) electrons. The van der Waals surface area contributed by atoms with E-state index in [-0.39, 0.29) is 0 Å². The quantitative estimate of drug-likeness (QED) is 0.726. The molecule has 1 unspecified atom stereocenters. The standard InChI is InChI=1S/C11H15NO2/c1-12-6-8-4-3-5-10(14-2)11(8)9(13)7-12/h3-5,9,13H,6-7H2,1-2H3. The van der Waals surface area contributed by atoms with Crippen LogP contribution >= 0.6 is 0 Å². The molecule has 1 heterocycles. The summed E-state index contributed by atoms with van der Waals surface area (Å²) < 4.78 is 5.24. The van der Waals surface area contributed by atoms with Gasteiger partial charge in [0.25, 0.3) is 0 Å². The van der Waals surface area contributed by atoms with Crippen LogP contribution in [0.3, 0.4) is 0 Å². The fourth-order valence-corrected chi connectivity index (χ4v) is 2.03. The molecular formula is C11H15NO2. The number of β-amino-alcohol motifs (C(OH)–C–C–N with tert-alkyl or cyclic N) is 1. The zero-order chi connectivity index (χ0) is 10.1. The maximum atomic E-state index is 9.92. The zero-order valence-corrected chi connectivity index (χ0v) is 8.53. The first-order valence-corrected chi connectivity index (χ1v) is 4.74. The van der Waals surface area contributed by atoms with Gasteiger partial charge in [0, 0.05) is 18.7 Å². The first-order chi connectivity index (χ1) is 6.72. The lowest BCUT2D eigenvalue weighted by Crippen LogP contribution is -2.30. The van der Waals surface area contributed by atoms with Crippen molar-refractivity contribution in [1.29, 1.82) is 0 Å². The van der Waals surface area contributed by atoms with E-state index in [0.717, 1.165) is 23.4 Å². The maximum Gasteiger partial charge on any atom is 0.125 e. The number of nitrogens with zero attached hydrogens (tertiary/aromatic N) is 1. The zero-order valence-electron chi connectivity index (χ0n) is 8.53. The molecule has 3 heteroatoms. The fraction of sp³-hybridized carbons (Fsp3) is 0.455. The van der Waals surface area contributed by atoms with Gasteiger partial charge in [-0.1, -0.05) is 12.1 Å². The maximum absolute atomic E-state index is 9.92. The van der Waals surface area contributed by atoms with E-state index in [9.17, 15) is 5.11 Å². The molecule has 1 aliphatic heterocycles. The molecule has 1 aromatic carbocycles. The molecule has 1 N–H and O–H groups in total. The number of likely N-dealkylation sites (N-methyl/N-ethyl adjacent to an activating group) is 1. The molecule has 1 aliphatic rings. The van der Waals surface area contributed by atoms with Crippen molar-refractivity contribution in [3.63, 3.8) is 0 Å². The first kappa shape index (κ1) is 9.49. The summed E-state index contributed by atoms with van der Waals surface area (Å²) in [7, 11) is 3.65. The van der Waals surface area contributed by atoms with E-state index < -0.39 is 6.10 Å². The van der Waals surface area contributed by atoms with Gasteiger partial charge < -0.3 is 9.84 Å². The lowest BCUT2D eigenvalue weighted by Gasteiger charge is -2.30. The van der Waals surface area contributed by atoms with E-state index in [2.05, 4.69) is 4.90 Å². The molecular weight excluding hydrogens is 178 g/mol. The molecule has 0 aliphatic carbocycles. The highest BCUT2D eigenvalue weighted by molar-refractivity contribution is 5.43. The summed E-state index contributed by atoms with van der Waals surface area (Å²) in [5.74, 6) is 0.795. The van der Waals surface area contributed by atoms with Crippen LogP contribution in [0.15, 0.2) is 18.2 Å². The predicted octanol–water partition coefficient (Wildman–Crippen LogP) is 1.17. The van der Waals surface area contributed by atoms with Gasteiger partial charge in [0.15, 0.2) is 0 Å². The average molecular weight is 193 g/mol. The molecule has 0 saturated carbocycles. The predicted molar refractivity (Wildman–Crippen MR) is 54.3 cm³/mol. The van der Waals surface area contributed by atoms with Crippen molar-refractivity contribution < 1.29 is 9.84 Å². The Morgan fingerprint density at radius 3 is 3.00 bits per heavy atom. The third kappa shape index (κ3) is 1.49. The van der Waals surface area contributed by atoms with Crippen molar-refractivity contribution in [3.8, 4) is 5.75 Å². The number of aliphatic hydroxyl groups is 1. The van der Waals surface area contributed by atoms with Gasteiger partial charge in [-0.05, 0) is 18.7 Å². The third-order valence-electron chi connectivity index (χ3n) is 2.63. The Morgan fingerprint density at radius 2 is 2.29 bits per heavy atom. The van der Waals surface area contributed by atoms with Crippen LogP contribution in [-0.2, 0) is 6.54 Å². The minimum Gasteiger partial charge on any atom is -0.496 e. The van der Waals surface area contributed by atoms with E-state index in [1.807, 2.05) is 25.2 Å². The first-order valence-electron chi connectivity index (χ1n) is 4.74. The minimum atomic E-state index is -0.431. The Balaban J connectivity index is 2.47. The molecule has 0 fully saturated rings. The SMILES string of the molecule is COc1cccc2c1C(O)CN(C)C2. The van der Waals surface area contributed by atoms with Gasteiger partial charge in [-0.2, -0.15) is 0 Å². The number of ether oxygens (including phenoxy) is 1. The van der Waals surface area contributed by atoms with Crippen LogP contribution in [0.1, 0.15) is 17.2 Å². The van der Waals surface area contributed by atoms with Gasteiger partial charge in [0.1, 0.15) is 5.75 Å². The number of methoxy groups -OCH3 is 1. The van der Waals surface area contributed by atoms with Crippen molar-refractivity contribution in [3.05, 3.63) is 29.3 Å². The molecule has 1 aromatic rings. The topological polar surface area (TPSA) is 32.7 Å². The normalized spacial score (nSPS) is 21.8. The van der Waals surface area contributed by atoms with E-state index in [4.69, 9.17) is 4.74 Å². The van der Waals surface area contributed by atoms with Crippen molar-refractivity contribution >= 4 is 0 Å². The minimum absolute atomic E-state index is 0.431. The molecule has 0 bridgehead atoms. The summed E-state index contributed by atoms with van der Waals surface area (Å²) in [5.41, 5.74) is 2.11. The smallest absolute Gasteiger partial charge is 0.125 e. The Hall–Kier alpha value is -1.06. The van der Waals surface area contributed by atoms with Crippen LogP contribution in [0.25, 0.3) is 0 Å². The highest BCUT2D eigenvalue weighted by atomic mass is 16.5. The second-order valence-electron chi connectivity index (χ2n) is 3.75. The molecule has 1 atom stereocenters. The second-order valence-corrected chi connectivity index (χ2v) is 3.75. The number of hydrogen-bond donors (Lipinski definition) is 1. The van der Waals surface area contributed by atoms with Crippen molar-refractivity contribution in [2.45, 2.75) is 12.6 Å². The van der Waals surface area contributed by atoms with Crippen molar-refractivity contribution in [2.24, 2.45) is 0 Å². The average Bonchev–Trinajstić information content (AvgIpc) is 2.16. The monoisotopic (exact) mass is 193 g/mol.